The molecule has 0 atom stereocenters. The van der Waals surface area contributed by atoms with E-state index in [0.29, 0.717) is 5.70 Å². The predicted molar refractivity (Wildman–Crippen MR) is 55.3 cm³/mol. The fourth-order valence-corrected chi connectivity index (χ4v) is 1.19. The van der Waals surface area contributed by atoms with Crippen molar-refractivity contribution in [3.63, 3.8) is 0 Å². The molecule has 0 amide bonds. The van der Waals surface area contributed by atoms with Gasteiger partial charge in [0, 0.05) is 13.2 Å². The predicted octanol–water partition coefficient (Wildman–Crippen LogP) is 1.34. The molecule has 0 spiro atoms. The van der Waals surface area contributed by atoms with Crippen molar-refractivity contribution in [1.29, 1.82) is 5.26 Å². The Morgan fingerprint density at radius 3 is 2.87 bits per heavy atom. The normalized spacial score (nSPS) is 17.3. The monoisotopic (exact) mass is 204 g/mol. The van der Waals surface area contributed by atoms with Gasteiger partial charge in [-0.3, -0.25) is 0 Å². The molecule has 0 N–H and O–H groups in total. The molecule has 0 saturated carbocycles. The van der Waals surface area contributed by atoms with Crippen LogP contribution in [0, 0.1) is 11.3 Å². The van der Waals surface area contributed by atoms with E-state index in [1.54, 1.807) is 37.2 Å². The second-order valence-electron chi connectivity index (χ2n) is 2.90. The minimum absolute atomic E-state index is 0.0277. The minimum Gasteiger partial charge on any atom is -0.462 e. The molecule has 78 valence electrons. The van der Waals surface area contributed by atoms with Crippen molar-refractivity contribution in [2.24, 2.45) is 0 Å². The molecule has 0 aromatic rings. The zero-order valence-corrected chi connectivity index (χ0v) is 8.73. The Labute approximate surface area is 88.7 Å². The van der Waals surface area contributed by atoms with Crippen LogP contribution in [0.5, 0.6) is 0 Å². The largest absolute Gasteiger partial charge is 0.462 e. The fraction of sp³-hybridized carbons (Fsp3) is 0.273. The molecule has 4 heteroatoms. The van der Waals surface area contributed by atoms with Gasteiger partial charge in [0.05, 0.1) is 12.3 Å². The number of esters is 1. The minimum atomic E-state index is -0.582. The molecule has 0 aromatic carbocycles. The number of rotatable bonds is 2. The molecule has 0 aromatic heterocycles. The fourth-order valence-electron chi connectivity index (χ4n) is 1.19. The molecule has 1 aliphatic rings. The molecule has 0 saturated heterocycles. The summed E-state index contributed by atoms with van der Waals surface area (Å²) < 4.78 is 4.79. The second kappa shape index (κ2) is 5.01. The molecule has 1 heterocycles. The second-order valence-corrected chi connectivity index (χ2v) is 2.90. The van der Waals surface area contributed by atoms with Crippen LogP contribution in [0.2, 0.25) is 0 Å². The summed E-state index contributed by atoms with van der Waals surface area (Å²) >= 11 is 0. The van der Waals surface area contributed by atoms with Crippen molar-refractivity contribution >= 4 is 5.97 Å². The number of carbonyl (C=O) groups excluding carboxylic acids is 1. The van der Waals surface area contributed by atoms with Gasteiger partial charge in [-0.15, -0.1) is 0 Å². The number of carbonyl (C=O) groups is 1. The van der Waals surface area contributed by atoms with Gasteiger partial charge >= 0.3 is 5.97 Å². The van der Waals surface area contributed by atoms with Crippen molar-refractivity contribution in [2.75, 3.05) is 13.7 Å². The van der Waals surface area contributed by atoms with Crippen LogP contribution in [0.4, 0.5) is 0 Å². The molecular weight excluding hydrogens is 192 g/mol. The van der Waals surface area contributed by atoms with Crippen LogP contribution in [0.25, 0.3) is 0 Å². The number of hydrogen-bond acceptors (Lipinski definition) is 4. The Hall–Kier alpha value is -2.02. The maximum atomic E-state index is 11.4. The smallest absolute Gasteiger partial charge is 0.351 e. The standard InChI is InChI=1S/C11H12N2O2/c1-3-15-11(14)9(8-12)10-6-4-5-7-13(10)2/h4-7H,3H2,1-2H3/b10-9+. The highest BCUT2D eigenvalue weighted by atomic mass is 16.5. The lowest BCUT2D eigenvalue weighted by Crippen LogP contribution is -2.17. The number of ether oxygens (including phenoxy) is 1. The van der Waals surface area contributed by atoms with Crippen molar-refractivity contribution < 1.29 is 9.53 Å². The first-order valence-corrected chi connectivity index (χ1v) is 4.60. The van der Waals surface area contributed by atoms with Gasteiger partial charge in [0.1, 0.15) is 6.07 Å². The van der Waals surface area contributed by atoms with Crippen molar-refractivity contribution in [1.82, 2.24) is 4.90 Å². The molecule has 15 heavy (non-hydrogen) atoms. The molecule has 0 aliphatic carbocycles. The summed E-state index contributed by atoms with van der Waals surface area (Å²) in [6.07, 6.45) is 7.07. The molecule has 0 radical (unpaired) electrons. The summed E-state index contributed by atoms with van der Waals surface area (Å²) in [5.74, 6) is -0.582. The molecule has 0 unspecified atom stereocenters. The lowest BCUT2D eigenvalue weighted by atomic mass is 10.1. The Kier molecular flexibility index (Phi) is 3.69. The lowest BCUT2D eigenvalue weighted by Gasteiger charge is -2.18. The van der Waals surface area contributed by atoms with E-state index in [9.17, 15) is 4.79 Å². The summed E-state index contributed by atoms with van der Waals surface area (Å²) in [4.78, 5) is 13.1. The van der Waals surface area contributed by atoms with E-state index in [4.69, 9.17) is 10.00 Å². The van der Waals surface area contributed by atoms with Crippen LogP contribution in [-0.2, 0) is 9.53 Å². The third kappa shape index (κ3) is 2.47. The van der Waals surface area contributed by atoms with E-state index < -0.39 is 5.97 Å². The quantitative estimate of drug-likeness (QED) is 0.387. The summed E-state index contributed by atoms with van der Waals surface area (Å²) in [5, 5.41) is 8.90. The van der Waals surface area contributed by atoms with Gasteiger partial charge in [-0.25, -0.2) is 4.79 Å². The highest BCUT2D eigenvalue weighted by Crippen LogP contribution is 2.15. The highest BCUT2D eigenvalue weighted by molar-refractivity contribution is 5.94. The number of allylic oxidation sites excluding steroid dienone is 3. The van der Waals surface area contributed by atoms with Crippen LogP contribution in [0.3, 0.4) is 0 Å². The summed E-state index contributed by atoms with van der Waals surface area (Å²) in [6, 6.07) is 1.87. The van der Waals surface area contributed by atoms with Crippen molar-refractivity contribution in [3.05, 3.63) is 35.7 Å². The van der Waals surface area contributed by atoms with E-state index in [1.165, 1.54) is 0 Å². The van der Waals surface area contributed by atoms with Gasteiger partial charge in [0.15, 0.2) is 5.57 Å². The van der Waals surface area contributed by atoms with Gasteiger partial charge in [-0.05, 0) is 19.1 Å². The topological polar surface area (TPSA) is 53.3 Å². The number of hydrogen-bond donors (Lipinski definition) is 0. The Morgan fingerprint density at radius 1 is 1.60 bits per heavy atom. The third-order valence-corrected chi connectivity index (χ3v) is 1.90. The van der Waals surface area contributed by atoms with Gasteiger partial charge in [-0.2, -0.15) is 5.26 Å². The zero-order valence-electron chi connectivity index (χ0n) is 8.73. The van der Waals surface area contributed by atoms with E-state index >= 15 is 0 Å². The Morgan fingerprint density at radius 2 is 2.33 bits per heavy atom. The number of likely N-dealkylation sites (N-methyl/N-ethyl adjacent to an activating group) is 1. The van der Waals surface area contributed by atoms with Crippen LogP contribution < -0.4 is 0 Å². The molecule has 1 rings (SSSR count). The zero-order chi connectivity index (χ0) is 11.3. The summed E-state index contributed by atoms with van der Waals surface area (Å²) in [7, 11) is 1.77. The molecule has 4 nitrogen and oxygen atoms in total. The van der Waals surface area contributed by atoms with E-state index in [0.717, 1.165) is 0 Å². The lowest BCUT2D eigenvalue weighted by molar-refractivity contribution is -0.138. The van der Waals surface area contributed by atoms with Crippen molar-refractivity contribution in [3.8, 4) is 6.07 Å². The molecule has 1 aliphatic heterocycles. The first kappa shape index (κ1) is 11.1. The van der Waals surface area contributed by atoms with Crippen molar-refractivity contribution in [2.45, 2.75) is 6.92 Å². The molecular formula is C11H12N2O2. The number of nitriles is 1. The Bertz CT molecular complexity index is 386. The van der Waals surface area contributed by atoms with Gasteiger partial charge in [-0.1, -0.05) is 6.08 Å². The molecule has 0 fully saturated rings. The first-order chi connectivity index (χ1) is 7.20. The van der Waals surface area contributed by atoms with Gasteiger partial charge in [0.25, 0.3) is 0 Å². The first-order valence-electron chi connectivity index (χ1n) is 4.60. The summed E-state index contributed by atoms with van der Waals surface area (Å²) in [5.41, 5.74) is 0.582. The average molecular weight is 204 g/mol. The SMILES string of the molecule is CCOC(=O)/C(C#N)=C1\C=CC=CN1C. The number of nitrogens with zero attached hydrogens (tertiary/aromatic N) is 2. The van der Waals surface area contributed by atoms with E-state index in [2.05, 4.69) is 0 Å². The van der Waals surface area contributed by atoms with Gasteiger partial charge in [0.2, 0.25) is 0 Å². The van der Waals surface area contributed by atoms with E-state index in [1.807, 2.05) is 12.1 Å². The third-order valence-electron chi connectivity index (χ3n) is 1.90. The Balaban J connectivity index is 3.04. The van der Waals surface area contributed by atoms with E-state index in [-0.39, 0.29) is 12.2 Å². The summed E-state index contributed by atoms with van der Waals surface area (Å²) in [6.45, 7) is 1.97. The maximum Gasteiger partial charge on any atom is 0.351 e. The van der Waals surface area contributed by atoms with Crippen LogP contribution in [0.15, 0.2) is 35.7 Å². The van der Waals surface area contributed by atoms with Crippen LogP contribution in [-0.4, -0.2) is 24.5 Å². The average Bonchev–Trinajstić information content (AvgIpc) is 2.22. The van der Waals surface area contributed by atoms with Crippen LogP contribution in [0.1, 0.15) is 6.92 Å². The molecule has 0 bridgehead atoms. The van der Waals surface area contributed by atoms with Crippen LogP contribution >= 0.6 is 0 Å². The highest BCUT2D eigenvalue weighted by Gasteiger charge is 2.17. The maximum absolute atomic E-state index is 11.4. The van der Waals surface area contributed by atoms with Gasteiger partial charge < -0.3 is 9.64 Å².